The van der Waals surface area contributed by atoms with Crippen molar-refractivity contribution in [1.29, 1.82) is 0 Å². The van der Waals surface area contributed by atoms with Crippen LogP contribution < -0.4 is 10.6 Å². The average molecular weight is 354 g/mol. The fraction of sp³-hybridized carbons (Fsp3) is 0.125. The molecule has 1 aliphatic heterocycles. The molecule has 0 saturated carbocycles. The maximum Gasteiger partial charge on any atom is 0.227 e. The highest BCUT2D eigenvalue weighted by Crippen LogP contribution is 2.39. The lowest BCUT2D eigenvalue weighted by atomic mass is 9.94. The van der Waals surface area contributed by atoms with Crippen molar-refractivity contribution in [3.05, 3.63) is 90.0 Å². The number of rotatable bonds is 4. The van der Waals surface area contributed by atoms with E-state index in [1.54, 1.807) is 0 Å². The van der Waals surface area contributed by atoms with Gasteiger partial charge in [-0.1, -0.05) is 78.9 Å². The van der Waals surface area contributed by atoms with E-state index in [1.165, 1.54) is 5.56 Å². The number of amides is 1. The Labute approximate surface area is 159 Å². The topological polar surface area (TPSA) is 46.3 Å². The summed E-state index contributed by atoms with van der Waals surface area (Å²) in [5.41, 5.74) is 12.2. The highest BCUT2D eigenvalue weighted by atomic mass is 16.2. The van der Waals surface area contributed by atoms with Crippen LogP contribution in [0.15, 0.2) is 78.9 Å². The minimum Gasteiger partial charge on any atom is -0.397 e. The molecule has 1 heterocycles. The van der Waals surface area contributed by atoms with Crippen molar-refractivity contribution in [2.75, 3.05) is 17.2 Å². The number of benzene rings is 3. The fourth-order valence-electron chi connectivity index (χ4n) is 3.59. The summed E-state index contributed by atoms with van der Waals surface area (Å²) in [6.45, 7) is 0.559. The molecule has 27 heavy (non-hydrogen) atoms. The molecule has 0 radical (unpaired) electrons. The zero-order valence-corrected chi connectivity index (χ0v) is 15.1. The van der Waals surface area contributed by atoms with E-state index in [2.05, 4.69) is 30.3 Å². The zero-order chi connectivity index (χ0) is 18.6. The summed E-state index contributed by atoms with van der Waals surface area (Å²) < 4.78 is 0. The lowest BCUT2D eigenvalue weighted by molar-refractivity contribution is -0.118. The maximum absolute atomic E-state index is 13.0. The van der Waals surface area contributed by atoms with Gasteiger partial charge in [0, 0.05) is 18.5 Å². The van der Waals surface area contributed by atoms with Gasteiger partial charge < -0.3 is 10.6 Å². The number of hydrogen-bond donors (Lipinski definition) is 1. The van der Waals surface area contributed by atoms with E-state index in [0.717, 1.165) is 28.8 Å². The molecule has 3 aromatic rings. The molecule has 3 nitrogen and oxygen atoms in total. The summed E-state index contributed by atoms with van der Waals surface area (Å²) in [7, 11) is 0. The van der Waals surface area contributed by atoms with Gasteiger partial charge in [-0.2, -0.15) is 0 Å². The van der Waals surface area contributed by atoms with Crippen LogP contribution in [0.2, 0.25) is 0 Å². The Morgan fingerprint density at radius 2 is 1.63 bits per heavy atom. The van der Waals surface area contributed by atoms with Gasteiger partial charge in [0.25, 0.3) is 0 Å². The SMILES string of the molecule is Nc1ccc(-c2ccccc2)c2c1N(C(=O)CCc1ccccc1)CC=C2. The van der Waals surface area contributed by atoms with Crippen LogP contribution in [0.25, 0.3) is 17.2 Å². The summed E-state index contributed by atoms with van der Waals surface area (Å²) in [5, 5.41) is 0. The van der Waals surface area contributed by atoms with Gasteiger partial charge in [-0.15, -0.1) is 0 Å². The second-order valence-corrected chi connectivity index (χ2v) is 6.72. The van der Waals surface area contributed by atoms with Crippen LogP contribution in [-0.4, -0.2) is 12.5 Å². The Bertz CT molecular complexity index is 978. The van der Waals surface area contributed by atoms with Crippen molar-refractivity contribution in [3.8, 4) is 11.1 Å². The molecule has 0 saturated heterocycles. The van der Waals surface area contributed by atoms with Crippen LogP contribution in [0.3, 0.4) is 0 Å². The van der Waals surface area contributed by atoms with Crippen LogP contribution in [0.1, 0.15) is 17.5 Å². The quantitative estimate of drug-likeness (QED) is 0.675. The largest absolute Gasteiger partial charge is 0.397 e. The van der Waals surface area contributed by atoms with E-state index in [9.17, 15) is 4.79 Å². The van der Waals surface area contributed by atoms with Gasteiger partial charge in [-0.3, -0.25) is 4.79 Å². The molecule has 0 atom stereocenters. The minimum atomic E-state index is 0.0985. The summed E-state index contributed by atoms with van der Waals surface area (Å²) >= 11 is 0. The number of anilines is 2. The van der Waals surface area contributed by atoms with Crippen LogP contribution in [0.5, 0.6) is 0 Å². The molecule has 0 aliphatic carbocycles. The molecule has 1 amide bonds. The van der Waals surface area contributed by atoms with Crippen LogP contribution in [-0.2, 0) is 11.2 Å². The Balaban J connectivity index is 1.65. The molecule has 0 spiro atoms. The summed E-state index contributed by atoms with van der Waals surface area (Å²) in [5.74, 6) is 0.0985. The third-order valence-corrected chi connectivity index (χ3v) is 4.95. The summed E-state index contributed by atoms with van der Waals surface area (Å²) in [4.78, 5) is 14.8. The van der Waals surface area contributed by atoms with Gasteiger partial charge in [0.05, 0.1) is 11.4 Å². The number of aryl methyl sites for hydroxylation is 1. The third-order valence-electron chi connectivity index (χ3n) is 4.95. The van der Waals surface area contributed by atoms with Crippen molar-refractivity contribution < 1.29 is 4.79 Å². The van der Waals surface area contributed by atoms with E-state index < -0.39 is 0 Å². The van der Waals surface area contributed by atoms with Crippen molar-refractivity contribution in [2.45, 2.75) is 12.8 Å². The number of carbonyl (C=O) groups excluding carboxylic acids is 1. The van der Waals surface area contributed by atoms with Crippen LogP contribution in [0, 0.1) is 0 Å². The standard InChI is InChI=1S/C24H22N2O/c25-22-15-14-20(19-10-5-2-6-11-19)21-12-7-17-26(24(21)22)23(27)16-13-18-8-3-1-4-9-18/h1-12,14-15H,13,16-17,25H2. The Morgan fingerprint density at radius 1 is 0.926 bits per heavy atom. The molecular formula is C24H22N2O. The maximum atomic E-state index is 13.0. The Hall–Kier alpha value is -3.33. The van der Waals surface area contributed by atoms with Crippen LogP contribution in [0.4, 0.5) is 11.4 Å². The number of nitrogens with two attached hydrogens (primary N) is 1. The predicted molar refractivity (Wildman–Crippen MR) is 112 cm³/mol. The van der Waals surface area contributed by atoms with E-state index in [0.29, 0.717) is 18.7 Å². The van der Waals surface area contributed by atoms with Gasteiger partial charge in [0.1, 0.15) is 0 Å². The molecule has 1 aliphatic rings. The molecule has 0 unspecified atom stereocenters. The molecular weight excluding hydrogens is 332 g/mol. The van der Waals surface area contributed by atoms with E-state index in [4.69, 9.17) is 5.73 Å². The average Bonchev–Trinajstić information content (AvgIpc) is 2.73. The summed E-state index contributed by atoms with van der Waals surface area (Å²) in [6.07, 6.45) is 5.31. The first kappa shape index (κ1) is 17.1. The second-order valence-electron chi connectivity index (χ2n) is 6.72. The van der Waals surface area contributed by atoms with Crippen molar-refractivity contribution >= 4 is 23.4 Å². The Kier molecular flexibility index (Phi) is 4.75. The first-order chi connectivity index (χ1) is 13.2. The number of carbonyl (C=O) groups is 1. The van der Waals surface area contributed by atoms with Gasteiger partial charge >= 0.3 is 0 Å². The van der Waals surface area contributed by atoms with Gasteiger partial charge in [0.2, 0.25) is 5.91 Å². The van der Waals surface area contributed by atoms with Gasteiger partial charge in [-0.05, 0) is 29.2 Å². The number of fused-ring (bicyclic) bond motifs is 1. The highest BCUT2D eigenvalue weighted by Gasteiger charge is 2.24. The third kappa shape index (κ3) is 3.49. The molecule has 4 rings (SSSR count). The molecule has 2 N–H and O–H groups in total. The first-order valence-electron chi connectivity index (χ1n) is 9.23. The molecule has 0 aromatic heterocycles. The normalized spacial score (nSPS) is 12.7. The first-order valence-corrected chi connectivity index (χ1v) is 9.23. The van der Waals surface area contributed by atoms with E-state index >= 15 is 0 Å². The zero-order valence-electron chi connectivity index (χ0n) is 15.1. The summed E-state index contributed by atoms with van der Waals surface area (Å²) in [6, 6.07) is 24.2. The minimum absolute atomic E-state index is 0.0985. The van der Waals surface area contributed by atoms with Crippen molar-refractivity contribution in [1.82, 2.24) is 0 Å². The van der Waals surface area contributed by atoms with E-state index in [-0.39, 0.29) is 5.91 Å². The smallest absolute Gasteiger partial charge is 0.227 e. The number of hydrogen-bond acceptors (Lipinski definition) is 2. The number of nitrogens with zero attached hydrogens (tertiary/aromatic N) is 1. The molecule has 0 bridgehead atoms. The second kappa shape index (κ2) is 7.50. The molecule has 134 valence electrons. The molecule has 3 heteroatoms. The monoisotopic (exact) mass is 354 g/mol. The van der Waals surface area contributed by atoms with Crippen LogP contribution >= 0.6 is 0 Å². The molecule has 3 aromatic carbocycles. The lowest BCUT2D eigenvalue weighted by Crippen LogP contribution is -2.34. The van der Waals surface area contributed by atoms with E-state index in [1.807, 2.05) is 59.5 Å². The predicted octanol–water partition coefficient (Wildman–Crippen LogP) is 4.93. The molecule has 0 fully saturated rings. The van der Waals surface area contributed by atoms with Crippen molar-refractivity contribution in [2.24, 2.45) is 0 Å². The lowest BCUT2D eigenvalue weighted by Gasteiger charge is -2.29. The van der Waals surface area contributed by atoms with Crippen molar-refractivity contribution in [3.63, 3.8) is 0 Å². The Morgan fingerprint density at radius 3 is 2.37 bits per heavy atom. The van der Waals surface area contributed by atoms with Gasteiger partial charge in [-0.25, -0.2) is 0 Å². The fourth-order valence-corrected chi connectivity index (χ4v) is 3.59. The highest BCUT2D eigenvalue weighted by molar-refractivity contribution is 6.03. The number of nitrogen functional groups attached to an aromatic ring is 1. The van der Waals surface area contributed by atoms with Gasteiger partial charge in [0.15, 0.2) is 0 Å².